The molecule has 0 aliphatic carbocycles. The summed E-state index contributed by atoms with van der Waals surface area (Å²) in [6.45, 7) is 2.24. The van der Waals surface area contributed by atoms with Gasteiger partial charge in [-0.1, -0.05) is 17.7 Å². The molecule has 9 heteroatoms. The number of thioether (sulfide) groups is 1. The number of hydrogen-bond donors (Lipinski definition) is 1. The van der Waals surface area contributed by atoms with E-state index in [0.29, 0.717) is 22.5 Å². The van der Waals surface area contributed by atoms with Crippen molar-refractivity contribution in [2.45, 2.75) is 11.4 Å². The number of anilines is 1. The van der Waals surface area contributed by atoms with E-state index in [1.807, 2.05) is 43.6 Å². The Hall–Kier alpha value is -2.68. The number of rotatable bonds is 5. The van der Waals surface area contributed by atoms with Gasteiger partial charge in [-0.3, -0.25) is 9.67 Å². The van der Waals surface area contributed by atoms with Gasteiger partial charge in [-0.05, 0) is 50.2 Å². The number of nitrogen functional groups attached to an aromatic ring is 1. The largest absolute Gasteiger partial charge is 0.381 e. The third-order valence-corrected chi connectivity index (χ3v) is 7.22. The highest BCUT2D eigenvalue weighted by molar-refractivity contribution is 7.99. The summed E-state index contributed by atoms with van der Waals surface area (Å²) in [5, 5.41) is 6.81. The maximum absolute atomic E-state index is 6.58. The fourth-order valence-electron chi connectivity index (χ4n) is 4.10. The second kappa shape index (κ2) is 8.69. The Bertz CT molecular complexity index is 1290. The van der Waals surface area contributed by atoms with Gasteiger partial charge in [0, 0.05) is 42.7 Å². The number of halogens is 1. The Balaban J connectivity index is 1.60. The number of fused-ring (bicyclic) bond motifs is 1. The smallest absolute Gasteiger partial charge is 0.156 e. The zero-order valence-electron chi connectivity index (χ0n) is 18.0. The van der Waals surface area contributed by atoms with Crippen molar-refractivity contribution in [3.63, 3.8) is 0 Å². The van der Waals surface area contributed by atoms with E-state index in [2.05, 4.69) is 22.0 Å². The van der Waals surface area contributed by atoms with E-state index >= 15 is 0 Å². The molecule has 0 bridgehead atoms. The summed E-state index contributed by atoms with van der Waals surface area (Å²) in [5.74, 6) is 2.03. The molecule has 7 nitrogen and oxygen atoms in total. The van der Waals surface area contributed by atoms with E-state index in [1.165, 1.54) is 6.42 Å². The SMILES string of the molecule is CN1CCC(CSc2nc(-c3cc(Cl)c4ncccc4c3)c(-c3ccn(C)n3)nc2N)C1. The molecule has 1 aliphatic heterocycles. The number of nitrogens with zero attached hydrogens (tertiary/aromatic N) is 6. The van der Waals surface area contributed by atoms with Crippen LogP contribution in [0.2, 0.25) is 5.02 Å². The van der Waals surface area contributed by atoms with Gasteiger partial charge in [-0.25, -0.2) is 9.97 Å². The maximum atomic E-state index is 6.58. The van der Waals surface area contributed by atoms with E-state index in [9.17, 15) is 0 Å². The van der Waals surface area contributed by atoms with Crippen molar-refractivity contribution in [1.82, 2.24) is 29.6 Å². The minimum atomic E-state index is 0.430. The molecule has 0 spiro atoms. The van der Waals surface area contributed by atoms with E-state index < -0.39 is 0 Å². The molecule has 1 aliphatic rings. The van der Waals surface area contributed by atoms with Crippen LogP contribution in [0.4, 0.5) is 5.82 Å². The number of likely N-dealkylation sites (tertiary alicyclic amines) is 1. The number of hydrogen-bond acceptors (Lipinski definition) is 7. The highest BCUT2D eigenvalue weighted by atomic mass is 35.5. The molecular weight excluding hydrogens is 442 g/mol. The second-order valence-electron chi connectivity index (χ2n) is 8.25. The first-order valence-electron chi connectivity index (χ1n) is 10.5. The van der Waals surface area contributed by atoms with Crippen LogP contribution in [0.25, 0.3) is 33.5 Å². The van der Waals surface area contributed by atoms with Crippen LogP contribution in [0, 0.1) is 5.92 Å². The van der Waals surface area contributed by atoms with Gasteiger partial charge in [0.05, 0.1) is 16.2 Å². The van der Waals surface area contributed by atoms with Crippen LogP contribution in [-0.2, 0) is 7.05 Å². The molecule has 1 saturated heterocycles. The third-order valence-electron chi connectivity index (χ3n) is 5.72. The number of aryl methyl sites for hydroxylation is 1. The standard InChI is InChI=1S/C23H24ClN7S/c1-30-8-5-14(12-30)13-32-23-22(25)27-21(18-6-9-31(2)29-18)20(28-23)16-10-15-4-3-7-26-19(15)17(24)11-16/h3-4,6-7,9-11,14H,5,8,12-13H2,1-2H3,(H2,25,27). The van der Waals surface area contributed by atoms with Gasteiger partial charge >= 0.3 is 0 Å². The van der Waals surface area contributed by atoms with Crippen molar-refractivity contribution < 1.29 is 0 Å². The summed E-state index contributed by atoms with van der Waals surface area (Å²) >= 11 is 8.26. The zero-order chi connectivity index (χ0) is 22.2. The van der Waals surface area contributed by atoms with E-state index in [1.54, 1.807) is 22.6 Å². The molecule has 5 rings (SSSR count). The summed E-state index contributed by atoms with van der Waals surface area (Å²) < 4.78 is 1.74. The van der Waals surface area contributed by atoms with Gasteiger partial charge in [0.15, 0.2) is 5.82 Å². The van der Waals surface area contributed by atoms with Crippen molar-refractivity contribution in [2.75, 3.05) is 31.6 Å². The molecule has 0 amide bonds. The summed E-state index contributed by atoms with van der Waals surface area (Å²) in [7, 11) is 4.04. The Kier molecular flexibility index (Phi) is 5.75. The zero-order valence-corrected chi connectivity index (χ0v) is 19.6. The lowest BCUT2D eigenvalue weighted by Crippen LogP contribution is -2.15. The first-order valence-corrected chi connectivity index (χ1v) is 11.9. The van der Waals surface area contributed by atoms with E-state index in [-0.39, 0.29) is 0 Å². The van der Waals surface area contributed by atoms with Gasteiger partial charge in [0.2, 0.25) is 0 Å². The van der Waals surface area contributed by atoms with Gasteiger partial charge in [0.25, 0.3) is 0 Å². The van der Waals surface area contributed by atoms with Crippen LogP contribution in [-0.4, -0.2) is 55.5 Å². The molecule has 4 aromatic rings. The first kappa shape index (κ1) is 21.2. The van der Waals surface area contributed by atoms with E-state index in [0.717, 1.165) is 51.7 Å². The Morgan fingerprint density at radius 3 is 2.81 bits per heavy atom. The van der Waals surface area contributed by atoms with Crippen LogP contribution in [0.15, 0.2) is 47.8 Å². The molecule has 164 valence electrons. The molecule has 1 unspecified atom stereocenters. The molecule has 1 fully saturated rings. The lowest BCUT2D eigenvalue weighted by Gasteiger charge is -2.14. The topological polar surface area (TPSA) is 85.8 Å². The fourth-order valence-corrected chi connectivity index (χ4v) is 5.39. The van der Waals surface area contributed by atoms with Crippen molar-refractivity contribution in [2.24, 2.45) is 13.0 Å². The lowest BCUT2D eigenvalue weighted by atomic mass is 10.0. The Morgan fingerprint density at radius 2 is 2.06 bits per heavy atom. The molecule has 2 N–H and O–H groups in total. The van der Waals surface area contributed by atoms with Crippen LogP contribution < -0.4 is 5.73 Å². The summed E-state index contributed by atoms with van der Waals surface area (Å²) in [4.78, 5) is 16.5. The van der Waals surface area contributed by atoms with Crippen molar-refractivity contribution in [1.29, 1.82) is 0 Å². The molecule has 1 atom stereocenters. The van der Waals surface area contributed by atoms with E-state index in [4.69, 9.17) is 27.3 Å². The summed E-state index contributed by atoms with van der Waals surface area (Å²) in [6.07, 6.45) is 4.82. The summed E-state index contributed by atoms with van der Waals surface area (Å²) in [5.41, 5.74) is 10.1. The molecule has 0 saturated carbocycles. The normalized spacial score (nSPS) is 16.8. The lowest BCUT2D eigenvalue weighted by molar-refractivity contribution is 0.403. The first-order chi connectivity index (χ1) is 15.5. The van der Waals surface area contributed by atoms with Gasteiger partial charge in [0.1, 0.15) is 16.4 Å². The van der Waals surface area contributed by atoms with Crippen LogP contribution in [0.1, 0.15) is 6.42 Å². The minimum Gasteiger partial charge on any atom is -0.381 e. The van der Waals surface area contributed by atoms with Crippen molar-refractivity contribution >= 4 is 40.1 Å². The second-order valence-corrected chi connectivity index (χ2v) is 9.66. The predicted molar refractivity (Wildman–Crippen MR) is 131 cm³/mol. The average Bonchev–Trinajstić information content (AvgIpc) is 3.40. The number of aromatic nitrogens is 5. The van der Waals surface area contributed by atoms with Gasteiger partial charge in [-0.2, -0.15) is 5.10 Å². The third kappa shape index (κ3) is 4.18. The number of nitrogens with two attached hydrogens (primary N) is 1. The quantitative estimate of drug-likeness (QED) is 0.438. The molecule has 4 heterocycles. The maximum Gasteiger partial charge on any atom is 0.156 e. The van der Waals surface area contributed by atoms with Gasteiger partial charge < -0.3 is 10.6 Å². The minimum absolute atomic E-state index is 0.430. The number of benzene rings is 1. The van der Waals surface area contributed by atoms with Crippen LogP contribution in [0.5, 0.6) is 0 Å². The van der Waals surface area contributed by atoms with Crippen molar-refractivity contribution in [3.05, 3.63) is 47.7 Å². The predicted octanol–water partition coefficient (Wildman–Crippen LogP) is 4.37. The fraction of sp³-hybridized carbons (Fsp3) is 0.304. The Morgan fingerprint density at radius 1 is 1.19 bits per heavy atom. The molecular formula is C23H24ClN7S. The molecule has 32 heavy (non-hydrogen) atoms. The monoisotopic (exact) mass is 465 g/mol. The molecule has 3 aromatic heterocycles. The number of pyridine rings is 1. The Labute approximate surface area is 196 Å². The molecule has 0 radical (unpaired) electrons. The van der Waals surface area contributed by atoms with Crippen molar-refractivity contribution in [3.8, 4) is 22.6 Å². The summed E-state index contributed by atoms with van der Waals surface area (Å²) in [6, 6.07) is 9.75. The molecule has 1 aromatic carbocycles. The van der Waals surface area contributed by atoms with Gasteiger partial charge in [-0.15, -0.1) is 11.8 Å². The highest BCUT2D eigenvalue weighted by Crippen LogP contribution is 2.37. The van der Waals surface area contributed by atoms with Crippen LogP contribution in [0.3, 0.4) is 0 Å². The van der Waals surface area contributed by atoms with Crippen LogP contribution >= 0.6 is 23.4 Å². The average molecular weight is 466 g/mol. The highest BCUT2D eigenvalue weighted by Gasteiger charge is 2.22.